The van der Waals surface area contributed by atoms with Crippen molar-refractivity contribution in [2.24, 2.45) is 11.8 Å². The summed E-state index contributed by atoms with van der Waals surface area (Å²) in [6, 6.07) is 6.97. The highest BCUT2D eigenvalue weighted by Crippen LogP contribution is 2.30. The Labute approximate surface area is 124 Å². The largest absolute Gasteiger partial charge is 0.488 e. The van der Waals surface area contributed by atoms with Crippen molar-refractivity contribution in [1.29, 1.82) is 0 Å². The second-order valence-corrected chi connectivity index (χ2v) is 5.51. The van der Waals surface area contributed by atoms with E-state index in [0.29, 0.717) is 30.5 Å². The molecule has 1 saturated heterocycles. The van der Waals surface area contributed by atoms with Crippen LogP contribution in [-0.4, -0.2) is 30.4 Å². The number of hydrogen-bond acceptors (Lipinski definition) is 4. The zero-order chi connectivity index (χ0) is 14.7. The lowest BCUT2D eigenvalue weighted by molar-refractivity contribution is -0.210. The first kappa shape index (κ1) is 14.5. The molecule has 110 valence electrons. The lowest BCUT2D eigenvalue weighted by atomic mass is 9.80. The quantitative estimate of drug-likeness (QED) is 0.819. The molecule has 0 bridgehead atoms. The summed E-state index contributed by atoms with van der Waals surface area (Å²) in [5, 5.41) is 18.2. The molecular formula is C16H19BO4. The maximum absolute atomic E-state index is 9.09. The summed E-state index contributed by atoms with van der Waals surface area (Å²) in [5.41, 5.74) is 1.36. The van der Waals surface area contributed by atoms with Gasteiger partial charge in [-0.25, -0.2) is 0 Å². The molecule has 0 spiro atoms. The molecule has 1 fully saturated rings. The Balaban J connectivity index is 1.57. The van der Waals surface area contributed by atoms with Crippen molar-refractivity contribution < 1.29 is 19.5 Å². The second-order valence-electron chi connectivity index (χ2n) is 5.51. The zero-order valence-electron chi connectivity index (χ0n) is 11.8. The minimum Gasteiger partial charge on any atom is -0.423 e. The van der Waals surface area contributed by atoms with Gasteiger partial charge in [0.25, 0.3) is 0 Å². The molecule has 21 heavy (non-hydrogen) atoms. The minimum absolute atomic E-state index is 0.366. The van der Waals surface area contributed by atoms with E-state index in [1.807, 2.05) is 12.1 Å². The van der Waals surface area contributed by atoms with Crippen molar-refractivity contribution in [2.75, 3.05) is 13.2 Å². The van der Waals surface area contributed by atoms with Crippen molar-refractivity contribution in [3.63, 3.8) is 0 Å². The van der Waals surface area contributed by atoms with Crippen LogP contribution in [0.1, 0.15) is 18.3 Å². The summed E-state index contributed by atoms with van der Waals surface area (Å²) in [4.78, 5) is 0. The van der Waals surface area contributed by atoms with Gasteiger partial charge in [0.15, 0.2) is 6.29 Å². The Bertz CT molecular complexity index is 516. The monoisotopic (exact) mass is 286 g/mol. The fraction of sp³-hybridized carbons (Fsp3) is 0.375. The van der Waals surface area contributed by atoms with Crippen LogP contribution < -0.4 is 5.46 Å². The van der Waals surface area contributed by atoms with Gasteiger partial charge in [0, 0.05) is 11.5 Å². The molecule has 4 nitrogen and oxygen atoms in total. The lowest BCUT2D eigenvalue weighted by Gasteiger charge is -2.33. The molecule has 1 aliphatic heterocycles. The highest BCUT2D eigenvalue weighted by Gasteiger charge is 2.28. The van der Waals surface area contributed by atoms with E-state index in [9.17, 15) is 0 Å². The van der Waals surface area contributed by atoms with Crippen LogP contribution in [0.15, 0.2) is 48.6 Å². The Kier molecular flexibility index (Phi) is 4.55. The molecule has 1 heterocycles. The van der Waals surface area contributed by atoms with Crippen LogP contribution in [0.4, 0.5) is 0 Å². The first-order chi connectivity index (χ1) is 10.2. The van der Waals surface area contributed by atoms with Crippen molar-refractivity contribution >= 4 is 12.6 Å². The Morgan fingerprint density at radius 2 is 1.71 bits per heavy atom. The normalized spacial score (nSPS) is 28.6. The zero-order valence-corrected chi connectivity index (χ0v) is 11.8. The summed E-state index contributed by atoms with van der Waals surface area (Å²) in [7, 11) is -1.44. The van der Waals surface area contributed by atoms with Crippen LogP contribution in [0, 0.1) is 11.8 Å². The average molecular weight is 286 g/mol. The molecule has 0 aromatic heterocycles. The summed E-state index contributed by atoms with van der Waals surface area (Å²) >= 11 is 0. The van der Waals surface area contributed by atoms with Crippen molar-refractivity contribution in [3.8, 4) is 0 Å². The summed E-state index contributed by atoms with van der Waals surface area (Å²) in [6.45, 7) is 1.36. The number of allylic oxidation sites excluding steroid dienone is 4. The average Bonchev–Trinajstić information content (AvgIpc) is 2.56. The lowest BCUT2D eigenvalue weighted by Crippen LogP contribution is -2.32. The molecule has 1 aliphatic carbocycles. The summed E-state index contributed by atoms with van der Waals surface area (Å²) in [6.07, 6.45) is 9.22. The van der Waals surface area contributed by atoms with Gasteiger partial charge in [-0.1, -0.05) is 48.6 Å². The van der Waals surface area contributed by atoms with E-state index in [1.54, 1.807) is 12.1 Å². The molecule has 2 N–H and O–H groups in total. The molecule has 3 rings (SSSR count). The van der Waals surface area contributed by atoms with Crippen LogP contribution in [0.2, 0.25) is 0 Å². The van der Waals surface area contributed by atoms with E-state index in [-0.39, 0.29) is 6.29 Å². The van der Waals surface area contributed by atoms with E-state index in [2.05, 4.69) is 24.3 Å². The first-order valence-electron chi connectivity index (χ1n) is 7.26. The number of rotatable bonds is 3. The predicted octanol–water partition coefficient (Wildman–Crippen LogP) is 1.16. The Morgan fingerprint density at radius 1 is 1.00 bits per heavy atom. The Hall–Kier alpha value is -1.40. The summed E-state index contributed by atoms with van der Waals surface area (Å²) < 4.78 is 11.6. The van der Waals surface area contributed by atoms with Gasteiger partial charge in [0.1, 0.15) is 0 Å². The smallest absolute Gasteiger partial charge is 0.423 e. The molecule has 0 amide bonds. The number of ether oxygens (including phenoxy) is 2. The van der Waals surface area contributed by atoms with Gasteiger partial charge in [-0.15, -0.1) is 0 Å². The Morgan fingerprint density at radius 3 is 2.29 bits per heavy atom. The van der Waals surface area contributed by atoms with E-state index < -0.39 is 7.12 Å². The van der Waals surface area contributed by atoms with E-state index in [4.69, 9.17) is 19.5 Å². The third kappa shape index (κ3) is 3.44. The van der Waals surface area contributed by atoms with E-state index >= 15 is 0 Å². The highest BCUT2D eigenvalue weighted by atomic mass is 16.7. The molecular weight excluding hydrogens is 267 g/mol. The van der Waals surface area contributed by atoms with Crippen LogP contribution in [0.5, 0.6) is 0 Å². The SMILES string of the molecule is OB(O)c1ccc(C2OCC(C3C=CC=CC3)CO2)cc1. The number of hydrogen-bond donors (Lipinski definition) is 2. The van der Waals surface area contributed by atoms with Crippen molar-refractivity contribution in [3.05, 3.63) is 54.1 Å². The first-order valence-corrected chi connectivity index (χ1v) is 7.26. The molecule has 0 saturated carbocycles. The molecule has 1 unspecified atom stereocenters. The topological polar surface area (TPSA) is 58.9 Å². The fourth-order valence-corrected chi connectivity index (χ4v) is 2.73. The third-order valence-corrected chi connectivity index (χ3v) is 4.05. The van der Waals surface area contributed by atoms with Crippen molar-refractivity contribution in [2.45, 2.75) is 12.7 Å². The van der Waals surface area contributed by atoms with Gasteiger partial charge in [0.2, 0.25) is 0 Å². The molecule has 2 aliphatic rings. The summed E-state index contributed by atoms with van der Waals surface area (Å²) in [5.74, 6) is 0.879. The molecule has 5 heteroatoms. The third-order valence-electron chi connectivity index (χ3n) is 4.05. The minimum atomic E-state index is -1.44. The maximum Gasteiger partial charge on any atom is 0.488 e. The van der Waals surface area contributed by atoms with Crippen molar-refractivity contribution in [1.82, 2.24) is 0 Å². The highest BCUT2D eigenvalue weighted by molar-refractivity contribution is 6.58. The van der Waals surface area contributed by atoms with Gasteiger partial charge in [-0.3, -0.25) is 0 Å². The fourth-order valence-electron chi connectivity index (χ4n) is 2.73. The van der Waals surface area contributed by atoms with Gasteiger partial charge in [0.05, 0.1) is 13.2 Å². The second kappa shape index (κ2) is 6.58. The van der Waals surface area contributed by atoms with Crippen LogP contribution in [-0.2, 0) is 9.47 Å². The molecule has 0 radical (unpaired) electrons. The van der Waals surface area contributed by atoms with E-state index in [1.165, 1.54) is 0 Å². The predicted molar refractivity (Wildman–Crippen MR) is 80.8 cm³/mol. The molecule has 1 atom stereocenters. The van der Waals surface area contributed by atoms with E-state index in [0.717, 1.165) is 12.0 Å². The van der Waals surface area contributed by atoms with Gasteiger partial charge >= 0.3 is 7.12 Å². The van der Waals surface area contributed by atoms with Crippen LogP contribution >= 0.6 is 0 Å². The molecule has 1 aromatic carbocycles. The standard InChI is InChI=1S/C16H19BO4/c18-17(19)15-8-6-13(7-9-15)16-20-10-14(11-21-16)12-4-2-1-3-5-12/h1-4,6-9,12,14,16,18-19H,5,10-11H2. The number of benzene rings is 1. The van der Waals surface area contributed by atoms with Gasteiger partial charge < -0.3 is 19.5 Å². The van der Waals surface area contributed by atoms with Gasteiger partial charge in [-0.05, 0) is 17.8 Å². The maximum atomic E-state index is 9.09. The van der Waals surface area contributed by atoms with Gasteiger partial charge in [-0.2, -0.15) is 0 Å². The molecule has 1 aromatic rings. The van der Waals surface area contributed by atoms with Crippen LogP contribution in [0.3, 0.4) is 0 Å². The van der Waals surface area contributed by atoms with Crippen LogP contribution in [0.25, 0.3) is 0 Å².